The molecule has 1 atom stereocenters. The predicted molar refractivity (Wildman–Crippen MR) is 68.8 cm³/mol. The Hall–Kier alpha value is -1.88. The van der Waals surface area contributed by atoms with E-state index in [9.17, 15) is 0 Å². The van der Waals surface area contributed by atoms with Crippen LogP contribution in [0.2, 0.25) is 0 Å². The molecule has 1 aromatic heterocycles. The van der Waals surface area contributed by atoms with Gasteiger partial charge in [0.25, 0.3) is 0 Å². The largest absolute Gasteiger partial charge is 0.381 e. The van der Waals surface area contributed by atoms with Crippen LogP contribution in [-0.4, -0.2) is 29.1 Å². The number of hydrogen-bond donors (Lipinski definition) is 2. The number of para-hydroxylation sites is 2. The standard InChI is InChI=1S/C12H15N5/c13-8-5-6-17(7-8)12-11(14)15-9-3-1-2-4-10(9)16-12/h1-4,8H,5-7,13H2,(H2,14,15)/t8-/m0/s1. The van der Waals surface area contributed by atoms with Crippen molar-refractivity contribution < 1.29 is 0 Å². The predicted octanol–water partition coefficient (Wildman–Crippen LogP) is 0.749. The monoisotopic (exact) mass is 229 g/mol. The summed E-state index contributed by atoms with van der Waals surface area (Å²) in [4.78, 5) is 11.1. The van der Waals surface area contributed by atoms with Crippen molar-refractivity contribution >= 4 is 22.7 Å². The van der Waals surface area contributed by atoms with Crippen LogP contribution in [0.15, 0.2) is 24.3 Å². The van der Waals surface area contributed by atoms with Crippen molar-refractivity contribution in [2.45, 2.75) is 12.5 Å². The van der Waals surface area contributed by atoms with Gasteiger partial charge in [-0.05, 0) is 18.6 Å². The minimum atomic E-state index is 0.211. The summed E-state index contributed by atoms with van der Waals surface area (Å²) in [7, 11) is 0. The van der Waals surface area contributed by atoms with Gasteiger partial charge in [0.05, 0.1) is 11.0 Å². The average Bonchev–Trinajstić information content (AvgIpc) is 2.75. The zero-order valence-corrected chi connectivity index (χ0v) is 9.50. The SMILES string of the molecule is Nc1nc2ccccc2nc1N1CC[C@H](N)C1. The number of hydrogen-bond acceptors (Lipinski definition) is 5. The Morgan fingerprint density at radius 1 is 1.18 bits per heavy atom. The van der Waals surface area contributed by atoms with Crippen molar-refractivity contribution in [3.05, 3.63) is 24.3 Å². The smallest absolute Gasteiger partial charge is 0.172 e. The second-order valence-corrected chi connectivity index (χ2v) is 4.42. The number of nitrogens with zero attached hydrogens (tertiary/aromatic N) is 3. The Morgan fingerprint density at radius 2 is 1.88 bits per heavy atom. The summed E-state index contributed by atoms with van der Waals surface area (Å²) in [6, 6.07) is 7.95. The molecule has 2 heterocycles. The number of anilines is 2. The summed E-state index contributed by atoms with van der Waals surface area (Å²) in [5.41, 5.74) is 13.6. The van der Waals surface area contributed by atoms with Crippen molar-refractivity contribution in [3.8, 4) is 0 Å². The van der Waals surface area contributed by atoms with Crippen LogP contribution in [0.4, 0.5) is 11.6 Å². The Bertz CT molecular complexity index is 554. The maximum absolute atomic E-state index is 5.96. The van der Waals surface area contributed by atoms with E-state index in [4.69, 9.17) is 11.5 Å². The lowest BCUT2D eigenvalue weighted by atomic mass is 10.3. The Balaban J connectivity index is 2.07. The number of aromatic nitrogens is 2. The van der Waals surface area contributed by atoms with Crippen LogP contribution in [0, 0.1) is 0 Å². The summed E-state index contributed by atoms with van der Waals surface area (Å²) >= 11 is 0. The highest BCUT2D eigenvalue weighted by Crippen LogP contribution is 2.25. The van der Waals surface area contributed by atoms with Crippen molar-refractivity contribution in [2.24, 2.45) is 5.73 Å². The molecule has 1 aromatic carbocycles. The third-order valence-corrected chi connectivity index (χ3v) is 3.10. The lowest BCUT2D eigenvalue weighted by molar-refractivity contribution is 0.751. The van der Waals surface area contributed by atoms with Gasteiger partial charge in [0, 0.05) is 19.1 Å². The van der Waals surface area contributed by atoms with E-state index in [1.54, 1.807) is 0 Å². The molecule has 1 saturated heterocycles. The molecule has 0 bridgehead atoms. The lowest BCUT2D eigenvalue weighted by Gasteiger charge is -2.18. The molecule has 1 aliphatic rings. The molecule has 0 aliphatic carbocycles. The van der Waals surface area contributed by atoms with Gasteiger partial charge < -0.3 is 16.4 Å². The van der Waals surface area contributed by atoms with Crippen LogP contribution in [0.1, 0.15) is 6.42 Å². The van der Waals surface area contributed by atoms with Crippen LogP contribution < -0.4 is 16.4 Å². The number of nitrogens with two attached hydrogens (primary N) is 2. The topological polar surface area (TPSA) is 81.1 Å². The van der Waals surface area contributed by atoms with E-state index in [0.29, 0.717) is 5.82 Å². The van der Waals surface area contributed by atoms with Gasteiger partial charge in [0.1, 0.15) is 0 Å². The first-order chi connectivity index (χ1) is 8.24. The van der Waals surface area contributed by atoms with Gasteiger partial charge in [-0.25, -0.2) is 9.97 Å². The van der Waals surface area contributed by atoms with Crippen LogP contribution in [0.25, 0.3) is 11.0 Å². The highest BCUT2D eigenvalue weighted by molar-refractivity contribution is 5.79. The van der Waals surface area contributed by atoms with Gasteiger partial charge in [0.2, 0.25) is 0 Å². The van der Waals surface area contributed by atoms with E-state index >= 15 is 0 Å². The molecule has 0 radical (unpaired) electrons. The Labute approximate surface area is 99.4 Å². The third-order valence-electron chi connectivity index (χ3n) is 3.10. The Kier molecular flexibility index (Phi) is 2.33. The first kappa shape index (κ1) is 10.3. The van der Waals surface area contributed by atoms with Gasteiger partial charge in [-0.2, -0.15) is 0 Å². The molecule has 4 N–H and O–H groups in total. The normalized spacial score (nSPS) is 20.1. The highest BCUT2D eigenvalue weighted by atomic mass is 15.2. The number of rotatable bonds is 1. The molecule has 0 amide bonds. The van der Waals surface area contributed by atoms with Crippen molar-refractivity contribution in [1.82, 2.24) is 9.97 Å². The molecule has 3 rings (SSSR count). The van der Waals surface area contributed by atoms with Crippen LogP contribution in [0.3, 0.4) is 0 Å². The van der Waals surface area contributed by atoms with Gasteiger partial charge in [-0.3, -0.25) is 0 Å². The fourth-order valence-corrected chi connectivity index (χ4v) is 2.22. The second-order valence-electron chi connectivity index (χ2n) is 4.42. The lowest BCUT2D eigenvalue weighted by Crippen LogP contribution is -2.27. The van der Waals surface area contributed by atoms with E-state index in [1.165, 1.54) is 0 Å². The van der Waals surface area contributed by atoms with E-state index in [-0.39, 0.29) is 6.04 Å². The highest BCUT2D eigenvalue weighted by Gasteiger charge is 2.22. The zero-order valence-electron chi connectivity index (χ0n) is 9.50. The fraction of sp³-hybridized carbons (Fsp3) is 0.333. The second kappa shape index (κ2) is 3.85. The van der Waals surface area contributed by atoms with Gasteiger partial charge in [-0.15, -0.1) is 0 Å². The van der Waals surface area contributed by atoms with E-state index in [2.05, 4.69) is 14.9 Å². The van der Waals surface area contributed by atoms with Crippen LogP contribution in [-0.2, 0) is 0 Å². The number of nitrogen functional groups attached to an aromatic ring is 1. The molecule has 0 spiro atoms. The summed E-state index contributed by atoms with van der Waals surface area (Å²) in [5.74, 6) is 1.24. The third kappa shape index (κ3) is 1.78. The van der Waals surface area contributed by atoms with Gasteiger partial charge in [-0.1, -0.05) is 12.1 Å². The quantitative estimate of drug-likeness (QED) is 0.754. The minimum absolute atomic E-state index is 0.211. The molecule has 5 nitrogen and oxygen atoms in total. The molecule has 17 heavy (non-hydrogen) atoms. The fourth-order valence-electron chi connectivity index (χ4n) is 2.22. The number of benzene rings is 1. The zero-order chi connectivity index (χ0) is 11.8. The Morgan fingerprint density at radius 3 is 2.53 bits per heavy atom. The molecule has 1 fully saturated rings. The maximum atomic E-state index is 5.96. The van der Waals surface area contributed by atoms with E-state index < -0.39 is 0 Å². The van der Waals surface area contributed by atoms with Gasteiger partial charge >= 0.3 is 0 Å². The van der Waals surface area contributed by atoms with Crippen molar-refractivity contribution in [1.29, 1.82) is 0 Å². The minimum Gasteiger partial charge on any atom is -0.381 e. The molecular formula is C12H15N5. The van der Waals surface area contributed by atoms with Crippen LogP contribution >= 0.6 is 0 Å². The first-order valence-electron chi connectivity index (χ1n) is 5.77. The molecule has 88 valence electrons. The summed E-state index contributed by atoms with van der Waals surface area (Å²) in [5, 5.41) is 0. The molecule has 2 aromatic rings. The molecule has 0 unspecified atom stereocenters. The van der Waals surface area contributed by atoms with Crippen LogP contribution in [0.5, 0.6) is 0 Å². The van der Waals surface area contributed by atoms with E-state index in [1.807, 2.05) is 24.3 Å². The summed E-state index contributed by atoms with van der Waals surface area (Å²) in [6.07, 6.45) is 0.980. The molecule has 0 saturated carbocycles. The summed E-state index contributed by atoms with van der Waals surface area (Å²) < 4.78 is 0. The maximum Gasteiger partial charge on any atom is 0.172 e. The average molecular weight is 229 g/mol. The molecule has 1 aliphatic heterocycles. The molecule has 5 heteroatoms. The van der Waals surface area contributed by atoms with Crippen molar-refractivity contribution in [2.75, 3.05) is 23.7 Å². The van der Waals surface area contributed by atoms with E-state index in [0.717, 1.165) is 36.4 Å². The van der Waals surface area contributed by atoms with Gasteiger partial charge in [0.15, 0.2) is 11.6 Å². The van der Waals surface area contributed by atoms with Crippen molar-refractivity contribution in [3.63, 3.8) is 0 Å². The number of fused-ring (bicyclic) bond motifs is 1. The summed E-state index contributed by atoms with van der Waals surface area (Å²) in [6.45, 7) is 1.70. The first-order valence-corrected chi connectivity index (χ1v) is 5.77. The molecular weight excluding hydrogens is 214 g/mol.